The molecule has 0 heterocycles. The van der Waals surface area contributed by atoms with E-state index in [2.05, 4.69) is 12.2 Å². The number of nitrogens with two attached hydrogens (primary N) is 1. The molecule has 1 saturated carbocycles. The minimum absolute atomic E-state index is 0.0402. The average Bonchev–Trinajstić information content (AvgIpc) is 2.38. The predicted molar refractivity (Wildman–Crippen MR) is 83.7 cm³/mol. The highest BCUT2D eigenvalue weighted by atomic mass is 32.1. The Morgan fingerprint density at radius 1 is 1.45 bits per heavy atom. The minimum atomic E-state index is -0.282. The lowest BCUT2D eigenvalue weighted by Crippen LogP contribution is -2.24. The van der Waals surface area contributed by atoms with Gasteiger partial charge < -0.3 is 15.8 Å². The number of benzene rings is 1. The number of anilines is 1. The fourth-order valence-corrected chi connectivity index (χ4v) is 2.69. The van der Waals surface area contributed by atoms with Crippen molar-refractivity contribution >= 4 is 29.0 Å². The summed E-state index contributed by atoms with van der Waals surface area (Å²) in [7, 11) is 0. The van der Waals surface area contributed by atoms with Crippen molar-refractivity contribution in [2.75, 3.05) is 5.32 Å². The van der Waals surface area contributed by atoms with Gasteiger partial charge in [-0.2, -0.15) is 0 Å². The van der Waals surface area contributed by atoms with Gasteiger partial charge in [0.15, 0.2) is 5.11 Å². The molecule has 0 aliphatic heterocycles. The number of ether oxygens (including phenoxy) is 1. The Balaban J connectivity index is 1.99. The Bertz CT molecular complexity index is 504. The third kappa shape index (κ3) is 4.20. The molecule has 4 nitrogen and oxygen atoms in total. The van der Waals surface area contributed by atoms with E-state index >= 15 is 0 Å². The van der Waals surface area contributed by atoms with Crippen LogP contribution in [0, 0.1) is 5.92 Å². The fraction of sp³-hybridized carbons (Fsp3) is 0.467. The number of thiocarbonyl (C=S) groups is 1. The summed E-state index contributed by atoms with van der Waals surface area (Å²) in [6.45, 7) is 2.20. The van der Waals surface area contributed by atoms with Crippen LogP contribution in [0.3, 0.4) is 0 Å². The van der Waals surface area contributed by atoms with Crippen LogP contribution in [0.1, 0.15) is 43.0 Å². The van der Waals surface area contributed by atoms with Crippen LogP contribution in [0.2, 0.25) is 0 Å². The first-order chi connectivity index (χ1) is 9.54. The highest BCUT2D eigenvalue weighted by molar-refractivity contribution is 7.80. The molecule has 1 fully saturated rings. The van der Waals surface area contributed by atoms with Crippen LogP contribution in [0.4, 0.5) is 5.69 Å². The lowest BCUT2D eigenvalue weighted by molar-refractivity contribution is 0.0155. The van der Waals surface area contributed by atoms with E-state index in [4.69, 9.17) is 22.7 Å². The molecular weight excluding hydrogens is 272 g/mol. The maximum Gasteiger partial charge on any atom is 0.338 e. The number of esters is 1. The Labute approximate surface area is 124 Å². The van der Waals surface area contributed by atoms with Crippen molar-refractivity contribution in [3.05, 3.63) is 29.8 Å². The fourth-order valence-electron chi connectivity index (χ4n) is 2.57. The van der Waals surface area contributed by atoms with Crippen molar-refractivity contribution in [1.29, 1.82) is 0 Å². The van der Waals surface area contributed by atoms with Crippen LogP contribution in [0.25, 0.3) is 0 Å². The normalized spacial score (nSPS) is 22.1. The van der Waals surface area contributed by atoms with E-state index in [0.717, 1.165) is 19.3 Å². The van der Waals surface area contributed by atoms with Gasteiger partial charge in [-0.1, -0.05) is 19.4 Å². The summed E-state index contributed by atoms with van der Waals surface area (Å²) in [5.41, 5.74) is 6.64. The van der Waals surface area contributed by atoms with Gasteiger partial charge in [-0.3, -0.25) is 0 Å². The topological polar surface area (TPSA) is 64.3 Å². The molecule has 0 radical (unpaired) electrons. The van der Waals surface area contributed by atoms with E-state index in [-0.39, 0.29) is 17.2 Å². The van der Waals surface area contributed by atoms with Gasteiger partial charge in [0.1, 0.15) is 6.10 Å². The van der Waals surface area contributed by atoms with E-state index in [1.807, 2.05) is 0 Å². The van der Waals surface area contributed by atoms with Gasteiger partial charge in [-0.25, -0.2) is 4.79 Å². The van der Waals surface area contributed by atoms with E-state index in [1.54, 1.807) is 24.3 Å². The summed E-state index contributed by atoms with van der Waals surface area (Å²) in [6, 6.07) is 7.02. The summed E-state index contributed by atoms with van der Waals surface area (Å²) in [5, 5.41) is 2.99. The number of nitrogens with one attached hydrogen (secondary N) is 1. The molecular formula is C15H20N2O2S. The molecule has 108 valence electrons. The molecule has 20 heavy (non-hydrogen) atoms. The molecule has 1 aliphatic carbocycles. The summed E-state index contributed by atoms with van der Waals surface area (Å²) in [5.74, 6) is 0.347. The lowest BCUT2D eigenvalue weighted by Gasteiger charge is -2.26. The number of rotatable bonds is 3. The zero-order chi connectivity index (χ0) is 14.5. The Morgan fingerprint density at radius 2 is 2.25 bits per heavy atom. The maximum atomic E-state index is 12.1. The number of hydrogen-bond acceptors (Lipinski definition) is 3. The van der Waals surface area contributed by atoms with Gasteiger partial charge in [-0.05, 0) is 55.6 Å². The molecule has 1 aromatic carbocycles. The number of carbonyl (C=O) groups is 1. The quantitative estimate of drug-likeness (QED) is 0.662. The van der Waals surface area contributed by atoms with Crippen LogP contribution >= 0.6 is 12.2 Å². The molecule has 5 heteroatoms. The van der Waals surface area contributed by atoms with Gasteiger partial charge in [-0.15, -0.1) is 0 Å². The predicted octanol–water partition coefficient (Wildman–Crippen LogP) is 3.08. The first kappa shape index (κ1) is 14.8. The molecule has 2 atom stereocenters. The highest BCUT2D eigenvalue weighted by Crippen LogP contribution is 2.26. The van der Waals surface area contributed by atoms with Crippen molar-refractivity contribution in [1.82, 2.24) is 0 Å². The summed E-state index contributed by atoms with van der Waals surface area (Å²) < 4.78 is 5.58. The molecule has 0 spiro atoms. The second-order valence-electron chi connectivity index (χ2n) is 5.37. The van der Waals surface area contributed by atoms with Crippen molar-refractivity contribution in [2.45, 2.75) is 38.7 Å². The van der Waals surface area contributed by atoms with Crippen molar-refractivity contribution < 1.29 is 9.53 Å². The Morgan fingerprint density at radius 3 is 2.95 bits per heavy atom. The number of carbonyl (C=O) groups excluding carboxylic acids is 1. The molecule has 0 amide bonds. The SMILES string of the molecule is CC1CCCC(OC(=O)c2cccc(NC(N)=S)c2)C1. The van der Waals surface area contributed by atoms with Crippen LogP contribution in [-0.4, -0.2) is 17.2 Å². The third-order valence-electron chi connectivity index (χ3n) is 3.53. The van der Waals surface area contributed by atoms with Gasteiger partial charge >= 0.3 is 5.97 Å². The Kier molecular flexibility index (Phi) is 4.95. The van der Waals surface area contributed by atoms with E-state index < -0.39 is 0 Å². The van der Waals surface area contributed by atoms with Crippen molar-refractivity contribution in [3.63, 3.8) is 0 Å². The summed E-state index contributed by atoms with van der Waals surface area (Å²) in [4.78, 5) is 12.1. The lowest BCUT2D eigenvalue weighted by atomic mass is 9.89. The van der Waals surface area contributed by atoms with Gasteiger partial charge in [0.2, 0.25) is 0 Å². The van der Waals surface area contributed by atoms with Crippen LogP contribution in [0.15, 0.2) is 24.3 Å². The molecule has 2 rings (SSSR count). The minimum Gasteiger partial charge on any atom is -0.459 e. The third-order valence-corrected chi connectivity index (χ3v) is 3.63. The smallest absolute Gasteiger partial charge is 0.338 e. The molecule has 0 saturated heterocycles. The monoisotopic (exact) mass is 292 g/mol. The van der Waals surface area contributed by atoms with E-state index in [1.165, 1.54) is 6.42 Å². The van der Waals surface area contributed by atoms with Crippen LogP contribution < -0.4 is 11.1 Å². The summed E-state index contributed by atoms with van der Waals surface area (Å²) in [6.07, 6.45) is 4.31. The van der Waals surface area contributed by atoms with Gasteiger partial charge in [0.25, 0.3) is 0 Å². The average molecular weight is 292 g/mol. The molecule has 0 bridgehead atoms. The van der Waals surface area contributed by atoms with Crippen LogP contribution in [0.5, 0.6) is 0 Å². The van der Waals surface area contributed by atoms with Gasteiger partial charge in [0.05, 0.1) is 5.56 Å². The zero-order valence-corrected chi connectivity index (χ0v) is 12.4. The highest BCUT2D eigenvalue weighted by Gasteiger charge is 2.22. The van der Waals surface area contributed by atoms with E-state index in [9.17, 15) is 4.79 Å². The molecule has 3 N–H and O–H groups in total. The Hall–Kier alpha value is -1.62. The number of hydrogen-bond donors (Lipinski definition) is 2. The molecule has 1 aromatic rings. The van der Waals surface area contributed by atoms with Crippen molar-refractivity contribution in [2.24, 2.45) is 11.7 Å². The first-order valence-corrected chi connectivity index (χ1v) is 7.33. The maximum absolute atomic E-state index is 12.1. The van der Waals surface area contributed by atoms with E-state index in [0.29, 0.717) is 17.2 Å². The second kappa shape index (κ2) is 6.70. The molecule has 2 unspecified atom stereocenters. The largest absolute Gasteiger partial charge is 0.459 e. The molecule has 0 aromatic heterocycles. The van der Waals surface area contributed by atoms with Gasteiger partial charge in [0, 0.05) is 5.69 Å². The first-order valence-electron chi connectivity index (χ1n) is 6.92. The standard InChI is InChI=1S/C15H20N2O2S/c1-10-4-2-7-13(8-10)19-14(18)11-5-3-6-12(9-11)17-15(16)20/h3,5-6,9-10,13H,2,4,7-8H2,1H3,(H3,16,17,20). The second-order valence-corrected chi connectivity index (χ2v) is 5.81. The summed E-state index contributed by atoms with van der Waals surface area (Å²) >= 11 is 4.78. The van der Waals surface area contributed by atoms with Crippen molar-refractivity contribution in [3.8, 4) is 0 Å². The van der Waals surface area contributed by atoms with Crippen LogP contribution in [-0.2, 0) is 4.74 Å². The zero-order valence-electron chi connectivity index (χ0n) is 11.6. The molecule has 1 aliphatic rings.